The van der Waals surface area contributed by atoms with Gasteiger partial charge >= 0.3 is 0 Å². The van der Waals surface area contributed by atoms with Crippen molar-refractivity contribution in [1.82, 2.24) is 15.6 Å². The Kier molecular flexibility index (Phi) is 8.01. The molecule has 158 valence electrons. The lowest BCUT2D eigenvalue weighted by atomic mass is 10.1. The fourth-order valence-electron chi connectivity index (χ4n) is 3.09. The molecule has 0 aliphatic rings. The van der Waals surface area contributed by atoms with Gasteiger partial charge < -0.3 is 15.5 Å². The zero-order valence-corrected chi connectivity index (χ0v) is 18.7. The molecule has 0 radical (unpaired) electrons. The molecule has 0 spiro atoms. The molecule has 0 fully saturated rings. The fourth-order valence-corrected chi connectivity index (χ4v) is 4.04. The van der Waals surface area contributed by atoms with E-state index in [0.717, 1.165) is 35.6 Å². The lowest BCUT2D eigenvalue weighted by molar-refractivity contribution is 0.601. The van der Waals surface area contributed by atoms with Gasteiger partial charge in [-0.1, -0.05) is 18.2 Å². The number of nitrogens with one attached hydrogen (secondary N) is 2. The van der Waals surface area contributed by atoms with Crippen molar-refractivity contribution in [2.75, 3.05) is 31.3 Å². The van der Waals surface area contributed by atoms with Crippen LogP contribution in [-0.4, -0.2) is 45.8 Å². The summed E-state index contributed by atoms with van der Waals surface area (Å²) in [4.78, 5) is 11.3. The van der Waals surface area contributed by atoms with E-state index in [1.54, 1.807) is 13.1 Å². The van der Waals surface area contributed by atoms with Crippen LogP contribution < -0.4 is 15.5 Å². The number of nitrogens with zero attached hydrogens (tertiary/aromatic N) is 3. The minimum atomic E-state index is -3.20. The maximum Gasteiger partial charge on any atom is 0.191 e. The smallest absolute Gasteiger partial charge is 0.191 e. The minimum absolute atomic E-state index is 0.365. The summed E-state index contributed by atoms with van der Waals surface area (Å²) in [5, 5.41) is 6.52. The summed E-state index contributed by atoms with van der Waals surface area (Å²) in [6.45, 7) is 9.06. The molecule has 0 saturated heterocycles. The van der Waals surface area contributed by atoms with Crippen LogP contribution in [0.5, 0.6) is 0 Å². The van der Waals surface area contributed by atoms with Crippen molar-refractivity contribution in [2.45, 2.75) is 38.8 Å². The monoisotopic (exact) mass is 417 g/mol. The van der Waals surface area contributed by atoms with E-state index in [1.807, 2.05) is 31.3 Å². The highest BCUT2D eigenvalue weighted by molar-refractivity contribution is 7.90. The van der Waals surface area contributed by atoms with Crippen molar-refractivity contribution < 1.29 is 8.42 Å². The van der Waals surface area contributed by atoms with Gasteiger partial charge in [0.2, 0.25) is 0 Å². The van der Waals surface area contributed by atoms with E-state index < -0.39 is 9.84 Å². The molecule has 7 nitrogen and oxygen atoms in total. The van der Waals surface area contributed by atoms with Gasteiger partial charge in [0.25, 0.3) is 0 Å². The molecule has 0 bridgehead atoms. The predicted octanol–water partition coefficient (Wildman–Crippen LogP) is 2.50. The maximum absolute atomic E-state index is 11.7. The van der Waals surface area contributed by atoms with Gasteiger partial charge in [-0.3, -0.25) is 4.99 Å². The van der Waals surface area contributed by atoms with Crippen molar-refractivity contribution >= 4 is 21.6 Å². The Balaban J connectivity index is 1.92. The number of aryl methyl sites for hydroxylation is 1. The lowest BCUT2D eigenvalue weighted by Crippen LogP contribution is -2.36. The highest BCUT2D eigenvalue weighted by atomic mass is 32.2. The molecule has 29 heavy (non-hydrogen) atoms. The Morgan fingerprint density at radius 1 is 1.07 bits per heavy atom. The highest BCUT2D eigenvalue weighted by Crippen LogP contribution is 2.16. The molecule has 0 aliphatic carbocycles. The van der Waals surface area contributed by atoms with E-state index in [-0.39, 0.29) is 0 Å². The number of aliphatic imine (C=N–C) groups is 1. The summed E-state index contributed by atoms with van der Waals surface area (Å²) in [6, 6.07) is 9.45. The second kappa shape index (κ2) is 10.2. The van der Waals surface area contributed by atoms with E-state index in [4.69, 9.17) is 0 Å². The van der Waals surface area contributed by atoms with Crippen molar-refractivity contribution in [3.8, 4) is 0 Å². The van der Waals surface area contributed by atoms with Gasteiger partial charge in [-0.15, -0.1) is 0 Å². The third-order valence-electron chi connectivity index (χ3n) is 4.68. The number of anilines is 1. The summed E-state index contributed by atoms with van der Waals surface area (Å²) >= 11 is 0. The Labute approximate surface area is 174 Å². The molecule has 0 unspecified atom stereocenters. The lowest BCUT2D eigenvalue weighted by Gasteiger charge is -2.19. The molecule has 1 aromatic carbocycles. The van der Waals surface area contributed by atoms with E-state index in [1.165, 1.54) is 6.26 Å². The van der Waals surface area contributed by atoms with Crippen LogP contribution in [0.2, 0.25) is 0 Å². The average molecular weight is 418 g/mol. The Bertz CT molecular complexity index is 936. The number of guanidine groups is 1. The quantitative estimate of drug-likeness (QED) is 0.507. The molecule has 1 heterocycles. The summed E-state index contributed by atoms with van der Waals surface area (Å²) < 4.78 is 23.5. The molecule has 2 N–H and O–H groups in total. The summed E-state index contributed by atoms with van der Waals surface area (Å²) in [7, 11) is -1.49. The molecule has 0 amide bonds. The standard InChI is InChI=1S/C21H31N5O2S/c1-6-26(7-2)20-11-9-18(14-23-20)15-25-21(22-4)24-13-17-8-10-19(16(3)12-17)29(5,27)28/h8-12,14H,6-7,13,15H2,1-5H3,(H2,22,24,25). The normalized spacial score (nSPS) is 12.0. The molecule has 8 heteroatoms. The number of sulfone groups is 1. The predicted molar refractivity (Wildman–Crippen MR) is 119 cm³/mol. The van der Waals surface area contributed by atoms with E-state index >= 15 is 0 Å². The van der Waals surface area contributed by atoms with Crippen molar-refractivity contribution in [3.63, 3.8) is 0 Å². The van der Waals surface area contributed by atoms with Crippen molar-refractivity contribution in [2.24, 2.45) is 4.99 Å². The molecule has 0 saturated carbocycles. The van der Waals surface area contributed by atoms with E-state index in [0.29, 0.717) is 23.9 Å². The molecule has 1 aromatic heterocycles. The van der Waals surface area contributed by atoms with Gasteiger partial charge in [0.1, 0.15) is 5.82 Å². The first kappa shape index (κ1) is 22.7. The Morgan fingerprint density at radius 2 is 1.69 bits per heavy atom. The first-order chi connectivity index (χ1) is 13.8. The van der Waals surface area contributed by atoms with Gasteiger partial charge in [0.15, 0.2) is 15.8 Å². The molecule has 0 aliphatic heterocycles. The number of benzene rings is 1. The average Bonchev–Trinajstić information content (AvgIpc) is 2.69. The van der Waals surface area contributed by atoms with Gasteiger partial charge in [-0.2, -0.15) is 0 Å². The van der Waals surface area contributed by atoms with Crippen molar-refractivity contribution in [3.05, 3.63) is 53.2 Å². The van der Waals surface area contributed by atoms with E-state index in [9.17, 15) is 8.42 Å². The van der Waals surface area contributed by atoms with Crippen LogP contribution in [0.15, 0.2) is 46.4 Å². The molecule has 0 atom stereocenters. The van der Waals surface area contributed by atoms with Gasteiger partial charge in [-0.05, 0) is 49.6 Å². The fraction of sp³-hybridized carbons (Fsp3) is 0.429. The number of pyridine rings is 1. The van der Waals surface area contributed by atoms with Gasteiger partial charge in [-0.25, -0.2) is 13.4 Å². The van der Waals surface area contributed by atoms with Crippen LogP contribution in [-0.2, 0) is 22.9 Å². The van der Waals surface area contributed by atoms with Gasteiger partial charge in [0, 0.05) is 45.7 Å². The molecule has 2 aromatic rings. The topological polar surface area (TPSA) is 86.7 Å². The first-order valence-corrected chi connectivity index (χ1v) is 11.6. The number of rotatable bonds is 8. The van der Waals surface area contributed by atoms with Crippen LogP contribution >= 0.6 is 0 Å². The summed E-state index contributed by atoms with van der Waals surface area (Å²) in [5.41, 5.74) is 2.80. The minimum Gasteiger partial charge on any atom is -0.357 e. The third-order valence-corrected chi connectivity index (χ3v) is 5.94. The molecular weight excluding hydrogens is 386 g/mol. The number of aromatic nitrogens is 1. The second-order valence-corrected chi connectivity index (χ2v) is 8.83. The van der Waals surface area contributed by atoms with Crippen LogP contribution in [0.4, 0.5) is 5.82 Å². The number of hydrogen-bond donors (Lipinski definition) is 2. The van der Waals surface area contributed by atoms with Crippen molar-refractivity contribution in [1.29, 1.82) is 0 Å². The zero-order chi connectivity index (χ0) is 21.4. The SMILES string of the molecule is CCN(CC)c1ccc(CNC(=NC)NCc2ccc(S(C)(=O)=O)c(C)c2)cn1. The maximum atomic E-state index is 11.7. The van der Waals surface area contributed by atoms with E-state index in [2.05, 4.69) is 45.4 Å². The van der Waals surface area contributed by atoms with Crippen LogP contribution in [0.3, 0.4) is 0 Å². The Morgan fingerprint density at radius 3 is 2.17 bits per heavy atom. The van der Waals surface area contributed by atoms with Gasteiger partial charge in [0.05, 0.1) is 4.90 Å². The largest absolute Gasteiger partial charge is 0.357 e. The molecular formula is C21H31N5O2S. The van der Waals surface area contributed by atoms with Crippen LogP contribution in [0, 0.1) is 6.92 Å². The number of hydrogen-bond acceptors (Lipinski definition) is 5. The molecule has 2 rings (SSSR count). The van der Waals surface area contributed by atoms with Crippen LogP contribution in [0.25, 0.3) is 0 Å². The second-order valence-electron chi connectivity index (χ2n) is 6.85. The Hall–Kier alpha value is -2.61. The first-order valence-electron chi connectivity index (χ1n) is 9.72. The highest BCUT2D eigenvalue weighted by Gasteiger charge is 2.11. The van der Waals surface area contributed by atoms with Crippen LogP contribution in [0.1, 0.15) is 30.5 Å². The zero-order valence-electron chi connectivity index (χ0n) is 17.9. The summed E-state index contributed by atoms with van der Waals surface area (Å²) in [5.74, 6) is 1.65. The summed E-state index contributed by atoms with van der Waals surface area (Å²) in [6.07, 6.45) is 3.10. The third kappa shape index (κ3) is 6.45.